The lowest BCUT2D eigenvalue weighted by Crippen LogP contribution is -2.20. The van der Waals surface area contributed by atoms with Gasteiger partial charge in [0.2, 0.25) is 0 Å². The maximum absolute atomic E-state index is 9.10. The second-order valence-corrected chi connectivity index (χ2v) is 5.29. The van der Waals surface area contributed by atoms with E-state index in [1.54, 1.807) is 0 Å². The molecule has 2 unspecified atom stereocenters. The third kappa shape index (κ3) is 6.25. The average Bonchev–Trinajstić information content (AvgIpc) is 2.37. The van der Waals surface area contributed by atoms with Gasteiger partial charge in [-0.25, -0.2) is 0 Å². The van der Waals surface area contributed by atoms with Crippen molar-refractivity contribution in [3.63, 3.8) is 0 Å². The van der Waals surface area contributed by atoms with Crippen LogP contribution in [0, 0.1) is 5.92 Å². The van der Waals surface area contributed by atoms with Crippen LogP contribution in [0.1, 0.15) is 58.8 Å². The van der Waals surface area contributed by atoms with Crippen molar-refractivity contribution in [3.05, 3.63) is 24.0 Å². The van der Waals surface area contributed by atoms with Crippen LogP contribution in [0.15, 0.2) is 24.0 Å². The van der Waals surface area contributed by atoms with E-state index in [1.165, 1.54) is 32.1 Å². The minimum absolute atomic E-state index is 0.0195. The molecule has 2 atom stereocenters. The van der Waals surface area contributed by atoms with Crippen LogP contribution in [0.2, 0.25) is 0 Å². The zero-order chi connectivity index (χ0) is 13.2. The topological polar surface area (TPSA) is 29.5 Å². The lowest BCUT2D eigenvalue weighted by Gasteiger charge is -2.25. The molecular weight excluding hydrogens is 224 g/mol. The summed E-state index contributed by atoms with van der Waals surface area (Å²) >= 11 is 0. The molecule has 2 heteroatoms. The largest absolute Gasteiger partial charge is 0.489 e. The Hall–Kier alpha value is -0.760. The van der Waals surface area contributed by atoms with Gasteiger partial charge in [-0.1, -0.05) is 45.6 Å². The lowest BCUT2D eigenvalue weighted by molar-refractivity contribution is 0.0886. The van der Waals surface area contributed by atoms with Crippen LogP contribution < -0.4 is 0 Å². The highest BCUT2D eigenvalue weighted by Gasteiger charge is 2.17. The number of ether oxygens (including phenoxy) is 1. The first-order valence-corrected chi connectivity index (χ1v) is 7.41. The maximum Gasteiger partial charge on any atom is 0.119 e. The van der Waals surface area contributed by atoms with E-state index in [-0.39, 0.29) is 12.7 Å². The summed E-state index contributed by atoms with van der Waals surface area (Å²) in [5.41, 5.74) is 0. The summed E-state index contributed by atoms with van der Waals surface area (Å²) in [5, 5.41) is 9.10. The second-order valence-electron chi connectivity index (χ2n) is 5.29. The molecule has 104 valence electrons. The van der Waals surface area contributed by atoms with Crippen molar-refractivity contribution in [2.24, 2.45) is 5.92 Å². The quantitative estimate of drug-likeness (QED) is 0.518. The van der Waals surface area contributed by atoms with Crippen molar-refractivity contribution in [1.29, 1.82) is 0 Å². The normalized spacial score (nSPS) is 24.1. The van der Waals surface area contributed by atoms with E-state index in [0.717, 1.165) is 18.6 Å². The van der Waals surface area contributed by atoms with Crippen molar-refractivity contribution in [2.45, 2.75) is 64.9 Å². The lowest BCUT2D eigenvalue weighted by atomic mass is 9.99. The summed E-state index contributed by atoms with van der Waals surface area (Å²) in [6, 6.07) is 0. The molecular formula is C16H28O2. The van der Waals surface area contributed by atoms with Crippen LogP contribution in [-0.4, -0.2) is 17.8 Å². The standard InChI is InChI=1S/C16H28O2/c1-3-4-5-6-7-8-9-10-15-11-14(2)12-16(13-17)18-15/h9-10,12,14-15,17H,3-8,11,13H2,1-2H3/b10-9+. The first-order valence-electron chi connectivity index (χ1n) is 7.41. The molecule has 0 radical (unpaired) electrons. The number of rotatable bonds is 8. The van der Waals surface area contributed by atoms with Gasteiger partial charge in [-0.3, -0.25) is 0 Å². The van der Waals surface area contributed by atoms with Crippen molar-refractivity contribution in [1.82, 2.24) is 0 Å². The summed E-state index contributed by atoms with van der Waals surface area (Å²) in [6.45, 7) is 4.43. The molecule has 0 aliphatic carbocycles. The highest BCUT2D eigenvalue weighted by atomic mass is 16.5. The van der Waals surface area contributed by atoms with Crippen LogP contribution in [0.5, 0.6) is 0 Å². The van der Waals surface area contributed by atoms with Crippen molar-refractivity contribution in [2.75, 3.05) is 6.61 Å². The molecule has 18 heavy (non-hydrogen) atoms. The molecule has 0 aromatic carbocycles. The van der Waals surface area contributed by atoms with Gasteiger partial charge in [-0.05, 0) is 37.3 Å². The Morgan fingerprint density at radius 1 is 1.33 bits per heavy atom. The molecule has 0 saturated carbocycles. The summed E-state index contributed by atoms with van der Waals surface area (Å²) in [4.78, 5) is 0. The van der Waals surface area contributed by atoms with Gasteiger partial charge in [0.1, 0.15) is 18.5 Å². The van der Waals surface area contributed by atoms with E-state index in [9.17, 15) is 0 Å². The minimum atomic E-state index is 0.0195. The van der Waals surface area contributed by atoms with Gasteiger partial charge < -0.3 is 9.84 Å². The van der Waals surface area contributed by atoms with Gasteiger partial charge in [-0.2, -0.15) is 0 Å². The Balaban J connectivity index is 2.16. The molecule has 0 amide bonds. The van der Waals surface area contributed by atoms with Gasteiger partial charge >= 0.3 is 0 Å². The van der Waals surface area contributed by atoms with Crippen LogP contribution in [0.3, 0.4) is 0 Å². The number of aliphatic hydroxyl groups excluding tert-OH is 1. The van der Waals surface area contributed by atoms with Crippen LogP contribution in [0.25, 0.3) is 0 Å². The fourth-order valence-electron chi connectivity index (χ4n) is 2.36. The zero-order valence-corrected chi connectivity index (χ0v) is 11.9. The van der Waals surface area contributed by atoms with Gasteiger partial charge in [-0.15, -0.1) is 0 Å². The number of hydrogen-bond donors (Lipinski definition) is 1. The smallest absolute Gasteiger partial charge is 0.119 e. The Morgan fingerprint density at radius 3 is 2.83 bits per heavy atom. The monoisotopic (exact) mass is 252 g/mol. The molecule has 1 rings (SSSR count). The molecule has 0 bridgehead atoms. The molecule has 0 spiro atoms. The van der Waals surface area contributed by atoms with Gasteiger partial charge in [0.15, 0.2) is 0 Å². The van der Waals surface area contributed by atoms with Crippen molar-refractivity contribution >= 4 is 0 Å². The van der Waals surface area contributed by atoms with Gasteiger partial charge in [0.25, 0.3) is 0 Å². The molecule has 1 heterocycles. The van der Waals surface area contributed by atoms with E-state index in [4.69, 9.17) is 9.84 Å². The zero-order valence-electron chi connectivity index (χ0n) is 11.9. The van der Waals surface area contributed by atoms with E-state index < -0.39 is 0 Å². The fraction of sp³-hybridized carbons (Fsp3) is 0.750. The molecule has 1 N–H and O–H groups in total. The molecule has 2 nitrogen and oxygen atoms in total. The summed E-state index contributed by atoms with van der Waals surface area (Å²) in [7, 11) is 0. The third-order valence-electron chi connectivity index (χ3n) is 3.36. The van der Waals surface area contributed by atoms with Crippen LogP contribution in [-0.2, 0) is 4.74 Å². The van der Waals surface area contributed by atoms with Gasteiger partial charge in [0.05, 0.1) is 0 Å². The summed E-state index contributed by atoms with van der Waals surface area (Å²) < 4.78 is 5.68. The Labute approximate surface area is 112 Å². The second kappa shape index (κ2) is 9.21. The number of aliphatic hydroxyl groups is 1. The Bertz CT molecular complexity index is 268. The van der Waals surface area contributed by atoms with E-state index >= 15 is 0 Å². The predicted octanol–water partition coefficient (Wildman–Crippen LogP) is 4.20. The van der Waals surface area contributed by atoms with Crippen molar-refractivity contribution in [3.8, 4) is 0 Å². The molecule has 0 saturated heterocycles. The van der Waals surface area contributed by atoms with E-state index in [0.29, 0.717) is 5.92 Å². The minimum Gasteiger partial charge on any atom is -0.489 e. The van der Waals surface area contributed by atoms with Crippen LogP contribution in [0.4, 0.5) is 0 Å². The van der Waals surface area contributed by atoms with Crippen LogP contribution >= 0.6 is 0 Å². The number of unbranched alkanes of at least 4 members (excludes halogenated alkanes) is 5. The van der Waals surface area contributed by atoms with Crippen molar-refractivity contribution < 1.29 is 9.84 Å². The average molecular weight is 252 g/mol. The number of allylic oxidation sites excluding steroid dienone is 2. The molecule has 1 aliphatic rings. The molecule has 1 aliphatic heterocycles. The van der Waals surface area contributed by atoms with E-state index in [1.807, 2.05) is 6.08 Å². The highest BCUT2D eigenvalue weighted by Crippen LogP contribution is 2.22. The summed E-state index contributed by atoms with van der Waals surface area (Å²) in [5.74, 6) is 1.23. The molecule has 0 fully saturated rings. The first kappa shape index (κ1) is 15.3. The third-order valence-corrected chi connectivity index (χ3v) is 3.36. The highest BCUT2D eigenvalue weighted by molar-refractivity contribution is 5.05. The maximum atomic E-state index is 9.10. The van der Waals surface area contributed by atoms with E-state index in [2.05, 4.69) is 26.0 Å². The Kier molecular flexibility index (Phi) is 7.83. The number of hydrogen-bond acceptors (Lipinski definition) is 2. The SMILES string of the molecule is CCCCCCC/C=C/C1CC(C)C=C(CO)O1. The molecule has 0 aromatic rings. The Morgan fingerprint density at radius 2 is 2.11 bits per heavy atom. The predicted molar refractivity (Wildman–Crippen MR) is 76.3 cm³/mol. The summed E-state index contributed by atoms with van der Waals surface area (Å²) in [6.07, 6.45) is 15.4. The van der Waals surface area contributed by atoms with Gasteiger partial charge in [0, 0.05) is 0 Å². The molecule has 0 aromatic heterocycles. The first-order chi connectivity index (χ1) is 8.76. The fourth-order valence-corrected chi connectivity index (χ4v) is 2.36.